The summed E-state index contributed by atoms with van der Waals surface area (Å²) in [6.45, 7) is 4.84. The molecule has 0 aliphatic rings. The van der Waals surface area contributed by atoms with Gasteiger partial charge in [-0.15, -0.1) is 0 Å². The Hall–Kier alpha value is -1.67. The lowest BCUT2D eigenvalue weighted by Crippen LogP contribution is -2.02. The maximum absolute atomic E-state index is 6.09. The van der Waals surface area contributed by atoms with E-state index in [1.807, 2.05) is 19.1 Å². The van der Waals surface area contributed by atoms with Gasteiger partial charge in [0.2, 0.25) is 0 Å². The van der Waals surface area contributed by atoms with Crippen molar-refractivity contribution in [2.45, 2.75) is 20.4 Å². The molecule has 0 fully saturated rings. The summed E-state index contributed by atoms with van der Waals surface area (Å²) in [6, 6.07) is 12.3. The van der Waals surface area contributed by atoms with Crippen LogP contribution >= 0.6 is 11.6 Å². The van der Waals surface area contributed by atoms with Gasteiger partial charge in [0.15, 0.2) is 0 Å². The van der Waals surface area contributed by atoms with Crippen LogP contribution in [0.3, 0.4) is 0 Å². The van der Waals surface area contributed by atoms with Crippen LogP contribution in [0, 0.1) is 13.8 Å². The number of hydrogen-bond donors (Lipinski definition) is 1. The lowest BCUT2D eigenvalue weighted by atomic mass is 10.1. The fourth-order valence-electron chi connectivity index (χ4n) is 1.99. The first-order chi connectivity index (χ1) is 9.10. The van der Waals surface area contributed by atoms with E-state index in [2.05, 4.69) is 36.5 Å². The molecule has 2 aromatic rings. The van der Waals surface area contributed by atoms with E-state index in [1.54, 1.807) is 7.11 Å². The van der Waals surface area contributed by atoms with E-state index in [0.717, 1.165) is 28.6 Å². The van der Waals surface area contributed by atoms with Crippen molar-refractivity contribution in [1.82, 2.24) is 0 Å². The van der Waals surface area contributed by atoms with Gasteiger partial charge in [0.1, 0.15) is 5.75 Å². The van der Waals surface area contributed by atoms with E-state index in [4.69, 9.17) is 16.3 Å². The van der Waals surface area contributed by atoms with Crippen LogP contribution in [0.25, 0.3) is 0 Å². The molecule has 0 bridgehead atoms. The minimum Gasteiger partial charge on any atom is -0.495 e. The van der Waals surface area contributed by atoms with Gasteiger partial charge in [0.25, 0.3) is 0 Å². The Balaban J connectivity index is 2.17. The van der Waals surface area contributed by atoms with Gasteiger partial charge < -0.3 is 10.1 Å². The topological polar surface area (TPSA) is 21.3 Å². The standard InChI is InChI=1S/C16H18ClNO/c1-11-5-4-6-13(7-11)10-18-15-8-12(2)14(17)9-16(15)19-3/h4-9,18H,10H2,1-3H3. The van der Waals surface area contributed by atoms with Gasteiger partial charge in [0.05, 0.1) is 12.8 Å². The highest BCUT2D eigenvalue weighted by Crippen LogP contribution is 2.31. The number of benzene rings is 2. The number of anilines is 1. The fraction of sp³-hybridized carbons (Fsp3) is 0.250. The molecule has 0 heterocycles. The van der Waals surface area contributed by atoms with Gasteiger partial charge >= 0.3 is 0 Å². The minimum absolute atomic E-state index is 0.720. The molecule has 0 aromatic heterocycles. The van der Waals surface area contributed by atoms with E-state index < -0.39 is 0 Å². The van der Waals surface area contributed by atoms with Crippen molar-refractivity contribution in [1.29, 1.82) is 0 Å². The van der Waals surface area contributed by atoms with Crippen LogP contribution in [-0.4, -0.2) is 7.11 Å². The Morgan fingerprint density at radius 1 is 1.16 bits per heavy atom. The summed E-state index contributed by atoms with van der Waals surface area (Å²) in [5.74, 6) is 0.767. The molecule has 1 N–H and O–H groups in total. The zero-order valence-electron chi connectivity index (χ0n) is 11.5. The van der Waals surface area contributed by atoms with Gasteiger partial charge in [-0.1, -0.05) is 41.4 Å². The maximum atomic E-state index is 6.09. The molecule has 0 amide bonds. The van der Waals surface area contributed by atoms with E-state index in [-0.39, 0.29) is 0 Å². The lowest BCUT2D eigenvalue weighted by molar-refractivity contribution is 0.416. The Morgan fingerprint density at radius 2 is 1.95 bits per heavy atom. The zero-order valence-corrected chi connectivity index (χ0v) is 12.2. The first-order valence-corrected chi connectivity index (χ1v) is 6.61. The second kappa shape index (κ2) is 5.98. The summed E-state index contributed by atoms with van der Waals surface area (Å²) >= 11 is 6.09. The molecular weight excluding hydrogens is 258 g/mol. The number of hydrogen-bond acceptors (Lipinski definition) is 2. The zero-order chi connectivity index (χ0) is 13.8. The Labute approximate surface area is 119 Å². The van der Waals surface area contributed by atoms with Crippen LogP contribution in [0.15, 0.2) is 36.4 Å². The number of rotatable bonds is 4. The molecule has 0 spiro atoms. The van der Waals surface area contributed by atoms with Gasteiger partial charge in [-0.2, -0.15) is 0 Å². The van der Waals surface area contributed by atoms with Crippen LogP contribution in [0.5, 0.6) is 5.75 Å². The number of nitrogens with one attached hydrogen (secondary N) is 1. The number of aryl methyl sites for hydroxylation is 2. The normalized spacial score (nSPS) is 10.3. The Morgan fingerprint density at radius 3 is 2.63 bits per heavy atom. The maximum Gasteiger partial charge on any atom is 0.143 e. The molecule has 0 saturated heterocycles. The molecule has 2 nitrogen and oxygen atoms in total. The lowest BCUT2D eigenvalue weighted by Gasteiger charge is -2.13. The summed E-state index contributed by atoms with van der Waals surface area (Å²) in [5, 5.41) is 4.11. The average Bonchev–Trinajstić information content (AvgIpc) is 2.39. The monoisotopic (exact) mass is 275 g/mol. The Bertz CT molecular complexity index is 581. The van der Waals surface area contributed by atoms with Crippen molar-refractivity contribution in [3.8, 4) is 5.75 Å². The number of halogens is 1. The smallest absolute Gasteiger partial charge is 0.143 e. The highest BCUT2D eigenvalue weighted by molar-refractivity contribution is 6.31. The van der Waals surface area contributed by atoms with Crippen LogP contribution in [-0.2, 0) is 6.54 Å². The highest BCUT2D eigenvalue weighted by atomic mass is 35.5. The Kier molecular flexibility index (Phi) is 4.33. The molecule has 0 radical (unpaired) electrons. The molecular formula is C16H18ClNO. The summed E-state index contributed by atoms with van der Waals surface area (Å²) < 4.78 is 5.35. The van der Waals surface area contributed by atoms with Crippen molar-refractivity contribution in [2.24, 2.45) is 0 Å². The molecule has 2 rings (SSSR count). The first kappa shape index (κ1) is 13.8. The van der Waals surface area contributed by atoms with Crippen LogP contribution in [0.4, 0.5) is 5.69 Å². The van der Waals surface area contributed by atoms with Crippen molar-refractivity contribution >= 4 is 17.3 Å². The molecule has 0 atom stereocenters. The molecule has 0 aliphatic carbocycles. The fourth-order valence-corrected chi connectivity index (χ4v) is 2.14. The molecule has 0 saturated carbocycles. The van der Waals surface area contributed by atoms with E-state index in [1.165, 1.54) is 11.1 Å². The quantitative estimate of drug-likeness (QED) is 0.882. The second-order valence-electron chi connectivity index (χ2n) is 4.64. The third-order valence-electron chi connectivity index (χ3n) is 3.05. The van der Waals surface area contributed by atoms with Gasteiger partial charge in [-0.25, -0.2) is 0 Å². The minimum atomic E-state index is 0.720. The van der Waals surface area contributed by atoms with Crippen LogP contribution in [0.1, 0.15) is 16.7 Å². The van der Waals surface area contributed by atoms with Crippen LogP contribution < -0.4 is 10.1 Å². The van der Waals surface area contributed by atoms with E-state index >= 15 is 0 Å². The van der Waals surface area contributed by atoms with Gasteiger partial charge in [-0.3, -0.25) is 0 Å². The molecule has 3 heteroatoms. The number of ether oxygens (including phenoxy) is 1. The molecule has 2 aromatic carbocycles. The van der Waals surface area contributed by atoms with Gasteiger partial charge in [0, 0.05) is 17.6 Å². The summed E-state index contributed by atoms with van der Waals surface area (Å²) in [4.78, 5) is 0. The van der Waals surface area contributed by atoms with Crippen LogP contribution in [0.2, 0.25) is 5.02 Å². The molecule has 0 unspecified atom stereocenters. The largest absolute Gasteiger partial charge is 0.495 e. The van der Waals surface area contributed by atoms with E-state index in [9.17, 15) is 0 Å². The first-order valence-electron chi connectivity index (χ1n) is 6.23. The average molecular weight is 276 g/mol. The summed E-state index contributed by atoms with van der Waals surface area (Å²) in [5.41, 5.74) is 4.51. The number of methoxy groups -OCH3 is 1. The van der Waals surface area contributed by atoms with Crippen molar-refractivity contribution in [2.75, 3.05) is 12.4 Å². The predicted molar refractivity (Wildman–Crippen MR) is 81.2 cm³/mol. The summed E-state index contributed by atoms with van der Waals surface area (Å²) in [7, 11) is 1.65. The van der Waals surface area contributed by atoms with Gasteiger partial charge in [-0.05, 0) is 31.0 Å². The molecule has 19 heavy (non-hydrogen) atoms. The SMILES string of the molecule is COc1cc(Cl)c(C)cc1NCc1cccc(C)c1. The summed E-state index contributed by atoms with van der Waals surface area (Å²) in [6.07, 6.45) is 0. The van der Waals surface area contributed by atoms with Crippen molar-refractivity contribution < 1.29 is 4.74 Å². The third-order valence-corrected chi connectivity index (χ3v) is 3.45. The third kappa shape index (κ3) is 3.42. The van der Waals surface area contributed by atoms with E-state index in [0.29, 0.717) is 0 Å². The predicted octanol–water partition coefficient (Wildman–Crippen LogP) is 4.58. The molecule has 0 aliphatic heterocycles. The highest BCUT2D eigenvalue weighted by Gasteiger charge is 2.06. The second-order valence-corrected chi connectivity index (χ2v) is 5.05. The van der Waals surface area contributed by atoms with Crippen molar-refractivity contribution in [3.63, 3.8) is 0 Å². The molecule has 100 valence electrons. The van der Waals surface area contributed by atoms with Crippen molar-refractivity contribution in [3.05, 3.63) is 58.1 Å².